The number of ether oxygens (including phenoxy) is 1. The van der Waals surface area contributed by atoms with Crippen molar-refractivity contribution in [2.24, 2.45) is 0 Å². The number of amides is 3. The van der Waals surface area contributed by atoms with Crippen LogP contribution in [0.5, 0.6) is 5.75 Å². The third-order valence-electron chi connectivity index (χ3n) is 3.69. The molecule has 0 atom stereocenters. The summed E-state index contributed by atoms with van der Waals surface area (Å²) in [7, 11) is 1.47. The Labute approximate surface area is 161 Å². The highest BCUT2D eigenvalue weighted by molar-refractivity contribution is 6.39. The summed E-state index contributed by atoms with van der Waals surface area (Å²) in [5.41, 5.74) is 0.0995. The average Bonchev–Trinajstić information content (AvgIpc) is 3.20. The number of anilines is 1. The summed E-state index contributed by atoms with van der Waals surface area (Å²) in [5, 5.41) is 16.1. The van der Waals surface area contributed by atoms with Crippen molar-refractivity contribution in [3.63, 3.8) is 0 Å². The molecule has 0 aliphatic heterocycles. The quantitative estimate of drug-likeness (QED) is 0.498. The van der Waals surface area contributed by atoms with Gasteiger partial charge in [0.2, 0.25) is 5.91 Å². The fraction of sp³-hybridized carbons (Fsp3) is 0.333. The lowest BCUT2D eigenvalue weighted by molar-refractivity contribution is -0.137. The van der Waals surface area contributed by atoms with E-state index in [9.17, 15) is 14.4 Å². The van der Waals surface area contributed by atoms with Gasteiger partial charge in [0.15, 0.2) is 12.2 Å². The van der Waals surface area contributed by atoms with Crippen LogP contribution in [0, 0.1) is 0 Å². The van der Waals surface area contributed by atoms with E-state index < -0.39 is 29.9 Å². The van der Waals surface area contributed by atoms with Crippen LogP contribution in [-0.4, -0.2) is 53.6 Å². The van der Waals surface area contributed by atoms with E-state index in [0.717, 1.165) is 0 Å². The summed E-state index contributed by atoms with van der Waals surface area (Å²) in [5.74, 6) is -1.40. The van der Waals surface area contributed by atoms with Crippen LogP contribution < -0.4 is 20.7 Å². The summed E-state index contributed by atoms with van der Waals surface area (Å²) in [6, 6.07) is 4.81. The van der Waals surface area contributed by atoms with Gasteiger partial charge < -0.3 is 30.2 Å². The maximum Gasteiger partial charge on any atom is 0.313 e. The predicted octanol–water partition coefficient (Wildman–Crippen LogP) is 0.292. The Hall–Kier alpha value is -3.40. The van der Waals surface area contributed by atoms with Gasteiger partial charge in [-0.15, -0.1) is 0 Å². The van der Waals surface area contributed by atoms with Gasteiger partial charge in [0.1, 0.15) is 12.4 Å². The van der Waals surface area contributed by atoms with Crippen molar-refractivity contribution in [3.8, 4) is 17.1 Å². The van der Waals surface area contributed by atoms with E-state index in [1.54, 1.807) is 32.0 Å². The minimum atomic E-state index is -0.896. The molecule has 0 aliphatic carbocycles. The molecule has 0 radical (unpaired) electrons. The van der Waals surface area contributed by atoms with Gasteiger partial charge in [0, 0.05) is 18.3 Å². The third kappa shape index (κ3) is 5.55. The number of oxazole rings is 1. The normalized spacial score (nSPS) is 10.9. The van der Waals surface area contributed by atoms with Crippen molar-refractivity contribution in [2.75, 3.05) is 25.6 Å². The highest BCUT2D eigenvalue weighted by Gasteiger charge is 2.25. The molecule has 0 bridgehead atoms. The van der Waals surface area contributed by atoms with Gasteiger partial charge in [-0.2, -0.15) is 0 Å². The zero-order valence-corrected chi connectivity index (χ0v) is 15.7. The lowest BCUT2D eigenvalue weighted by atomic mass is 10.1. The summed E-state index contributed by atoms with van der Waals surface area (Å²) in [6.07, 6.45) is 2.82. The van der Waals surface area contributed by atoms with Crippen molar-refractivity contribution in [1.29, 1.82) is 0 Å². The van der Waals surface area contributed by atoms with Gasteiger partial charge in [0.05, 0.1) is 24.4 Å². The van der Waals surface area contributed by atoms with Crippen LogP contribution in [0.25, 0.3) is 11.3 Å². The number of nitrogens with one attached hydrogen (secondary N) is 3. The first-order valence-corrected chi connectivity index (χ1v) is 8.33. The number of carbonyl (C=O) groups excluding carboxylic acids is 3. The van der Waals surface area contributed by atoms with E-state index in [2.05, 4.69) is 20.9 Å². The van der Waals surface area contributed by atoms with Gasteiger partial charge >= 0.3 is 11.8 Å². The van der Waals surface area contributed by atoms with Crippen LogP contribution >= 0.6 is 0 Å². The van der Waals surface area contributed by atoms with Crippen LogP contribution in [0.2, 0.25) is 0 Å². The van der Waals surface area contributed by atoms with Crippen LogP contribution in [0.4, 0.5) is 5.69 Å². The number of aliphatic hydroxyl groups is 1. The smallest absolute Gasteiger partial charge is 0.313 e. The molecule has 0 spiro atoms. The SMILES string of the molecule is COc1cc(NC(=O)C(=O)NC(C)(C)CNC(=O)CO)ccc1-c1cnco1. The first-order chi connectivity index (χ1) is 13.3. The zero-order chi connectivity index (χ0) is 20.7. The van der Waals surface area contributed by atoms with Crippen LogP contribution in [-0.2, 0) is 14.4 Å². The van der Waals surface area contributed by atoms with Crippen molar-refractivity contribution in [3.05, 3.63) is 30.8 Å². The van der Waals surface area contributed by atoms with Crippen molar-refractivity contribution >= 4 is 23.4 Å². The molecule has 0 saturated carbocycles. The molecular weight excluding hydrogens is 368 g/mol. The minimum Gasteiger partial charge on any atom is -0.496 e. The summed E-state index contributed by atoms with van der Waals surface area (Å²) >= 11 is 0. The number of hydrogen-bond donors (Lipinski definition) is 4. The second kappa shape index (κ2) is 9.00. The summed E-state index contributed by atoms with van der Waals surface area (Å²) < 4.78 is 10.5. The molecule has 0 saturated heterocycles. The number of aromatic nitrogens is 1. The molecule has 4 N–H and O–H groups in total. The fourth-order valence-electron chi connectivity index (χ4n) is 2.29. The van der Waals surface area contributed by atoms with Crippen LogP contribution in [0.15, 0.2) is 35.2 Å². The monoisotopic (exact) mass is 390 g/mol. The third-order valence-corrected chi connectivity index (χ3v) is 3.69. The molecular formula is C18H22N4O6. The number of carbonyl (C=O) groups is 3. The fourth-order valence-corrected chi connectivity index (χ4v) is 2.29. The summed E-state index contributed by atoms with van der Waals surface area (Å²) in [6.45, 7) is 2.65. The number of nitrogens with zero attached hydrogens (tertiary/aromatic N) is 1. The van der Waals surface area contributed by atoms with Gasteiger partial charge in [-0.1, -0.05) is 0 Å². The van der Waals surface area contributed by atoms with E-state index >= 15 is 0 Å². The highest BCUT2D eigenvalue weighted by Crippen LogP contribution is 2.32. The molecule has 0 fully saturated rings. The Kier molecular flexibility index (Phi) is 6.72. The van der Waals surface area contributed by atoms with Crippen LogP contribution in [0.1, 0.15) is 13.8 Å². The number of aliphatic hydroxyl groups excluding tert-OH is 1. The highest BCUT2D eigenvalue weighted by atomic mass is 16.5. The number of methoxy groups -OCH3 is 1. The summed E-state index contributed by atoms with van der Waals surface area (Å²) in [4.78, 5) is 39.3. The molecule has 150 valence electrons. The van der Waals surface area contributed by atoms with E-state index in [4.69, 9.17) is 14.3 Å². The molecule has 1 heterocycles. The van der Waals surface area contributed by atoms with Crippen molar-refractivity contribution in [1.82, 2.24) is 15.6 Å². The lowest BCUT2D eigenvalue weighted by Crippen LogP contribution is -2.54. The molecule has 10 heteroatoms. The second-order valence-electron chi connectivity index (χ2n) is 6.51. The van der Waals surface area contributed by atoms with Gasteiger partial charge in [0.25, 0.3) is 0 Å². The molecule has 0 aliphatic rings. The Morgan fingerprint density at radius 2 is 2.00 bits per heavy atom. The van der Waals surface area contributed by atoms with E-state index in [0.29, 0.717) is 22.8 Å². The average molecular weight is 390 g/mol. The van der Waals surface area contributed by atoms with E-state index in [-0.39, 0.29) is 6.54 Å². The molecule has 0 unspecified atom stereocenters. The second-order valence-corrected chi connectivity index (χ2v) is 6.51. The zero-order valence-electron chi connectivity index (χ0n) is 15.7. The Bertz CT molecular complexity index is 848. The van der Waals surface area contributed by atoms with Gasteiger partial charge in [-0.05, 0) is 26.0 Å². The van der Waals surface area contributed by atoms with Gasteiger partial charge in [-0.25, -0.2) is 4.98 Å². The lowest BCUT2D eigenvalue weighted by Gasteiger charge is -2.26. The van der Waals surface area contributed by atoms with Gasteiger partial charge in [-0.3, -0.25) is 14.4 Å². The first-order valence-electron chi connectivity index (χ1n) is 8.33. The maximum absolute atomic E-state index is 12.2. The topological polar surface area (TPSA) is 143 Å². The minimum absolute atomic E-state index is 0.0467. The standard InChI is InChI=1S/C18H22N4O6/c1-18(2,9-20-15(24)8-23)22-17(26)16(25)21-11-4-5-12(13(6-11)27-3)14-7-19-10-28-14/h4-7,10,23H,8-9H2,1-3H3,(H,20,24)(H,21,25)(H,22,26). The first kappa shape index (κ1) is 20.9. The van der Waals surface area contributed by atoms with E-state index in [1.165, 1.54) is 19.7 Å². The number of rotatable bonds is 7. The molecule has 3 amide bonds. The molecule has 2 aromatic rings. The molecule has 2 rings (SSSR count). The van der Waals surface area contributed by atoms with Crippen molar-refractivity contribution < 1.29 is 28.6 Å². The molecule has 1 aromatic carbocycles. The van der Waals surface area contributed by atoms with Crippen molar-refractivity contribution in [2.45, 2.75) is 19.4 Å². The number of benzene rings is 1. The molecule has 10 nitrogen and oxygen atoms in total. The Morgan fingerprint density at radius 3 is 2.61 bits per heavy atom. The van der Waals surface area contributed by atoms with Crippen LogP contribution in [0.3, 0.4) is 0 Å². The largest absolute Gasteiger partial charge is 0.496 e. The Morgan fingerprint density at radius 1 is 1.25 bits per heavy atom. The number of hydrogen-bond acceptors (Lipinski definition) is 7. The predicted molar refractivity (Wildman–Crippen MR) is 99.4 cm³/mol. The maximum atomic E-state index is 12.2. The molecule has 1 aromatic heterocycles. The Balaban J connectivity index is 2.01. The van der Waals surface area contributed by atoms with E-state index in [1.807, 2.05) is 0 Å². The molecule has 28 heavy (non-hydrogen) atoms.